The number of thioether (sulfide) groups is 1. The molecule has 4 aromatic rings. The summed E-state index contributed by atoms with van der Waals surface area (Å²) in [7, 11) is 0. The third-order valence-corrected chi connectivity index (χ3v) is 9.43. The van der Waals surface area contributed by atoms with E-state index in [9.17, 15) is 24.5 Å². The van der Waals surface area contributed by atoms with Gasteiger partial charge in [-0.15, -0.1) is 21.5 Å². The quantitative estimate of drug-likeness (QED) is 0.0918. The second-order valence-electron chi connectivity index (χ2n) is 10.5. The van der Waals surface area contributed by atoms with Crippen LogP contribution in [0.4, 0.5) is 10.7 Å². The van der Waals surface area contributed by atoms with E-state index in [0.717, 1.165) is 52.9 Å². The molecule has 0 radical (unpaired) electrons. The van der Waals surface area contributed by atoms with Gasteiger partial charge in [-0.2, -0.15) is 0 Å². The van der Waals surface area contributed by atoms with Gasteiger partial charge in [-0.05, 0) is 81.3 Å². The Kier molecular flexibility index (Phi) is 9.93. The summed E-state index contributed by atoms with van der Waals surface area (Å²) in [5.41, 5.74) is 4.34. The van der Waals surface area contributed by atoms with Gasteiger partial charge in [-0.1, -0.05) is 23.9 Å². The lowest BCUT2D eigenvalue weighted by Crippen LogP contribution is -2.24. The molecule has 0 unspecified atom stereocenters. The Morgan fingerprint density at radius 1 is 1.09 bits per heavy atom. The molecule has 0 saturated carbocycles. The van der Waals surface area contributed by atoms with E-state index in [1.807, 2.05) is 36.6 Å². The Bertz CT molecular complexity index is 1760. The first-order valence-electron chi connectivity index (χ1n) is 14.4. The van der Waals surface area contributed by atoms with Crippen LogP contribution in [0.2, 0.25) is 0 Å². The highest BCUT2D eigenvalue weighted by Crippen LogP contribution is 2.39. The van der Waals surface area contributed by atoms with Gasteiger partial charge in [0.1, 0.15) is 5.00 Å². The molecule has 0 spiro atoms. The SMILES string of the molecule is CCOC(=O)c1c(NC(=O)CSc2nnc(CNC(=O)c3ccc([N+](=O)[O-])cc3)n2-c2cc(C)ccc2C)sc2c1CCCC2. The number of nitrogens with one attached hydrogen (secondary N) is 2. The highest BCUT2D eigenvalue weighted by atomic mass is 32.2. The van der Waals surface area contributed by atoms with Crippen molar-refractivity contribution in [2.75, 3.05) is 17.7 Å². The average molecular weight is 649 g/mol. The van der Waals surface area contributed by atoms with E-state index in [1.165, 1.54) is 47.4 Å². The predicted octanol–water partition coefficient (Wildman–Crippen LogP) is 5.57. The summed E-state index contributed by atoms with van der Waals surface area (Å²) < 4.78 is 7.12. The molecule has 2 N–H and O–H groups in total. The molecule has 234 valence electrons. The summed E-state index contributed by atoms with van der Waals surface area (Å²) in [5.74, 6) is -0.701. The lowest BCUT2D eigenvalue weighted by molar-refractivity contribution is -0.384. The third-order valence-electron chi connectivity index (χ3n) is 7.29. The monoisotopic (exact) mass is 648 g/mol. The molecule has 2 amide bonds. The summed E-state index contributed by atoms with van der Waals surface area (Å²) in [4.78, 5) is 50.4. The molecule has 0 atom stereocenters. The molecule has 0 fully saturated rings. The van der Waals surface area contributed by atoms with Gasteiger partial charge in [-0.3, -0.25) is 24.3 Å². The van der Waals surface area contributed by atoms with Crippen molar-refractivity contribution in [3.63, 3.8) is 0 Å². The van der Waals surface area contributed by atoms with Crippen molar-refractivity contribution in [2.24, 2.45) is 0 Å². The van der Waals surface area contributed by atoms with Gasteiger partial charge >= 0.3 is 5.97 Å². The van der Waals surface area contributed by atoms with Crippen LogP contribution in [-0.2, 0) is 28.9 Å². The summed E-state index contributed by atoms with van der Waals surface area (Å²) >= 11 is 2.62. The number of aryl methyl sites for hydroxylation is 3. The lowest BCUT2D eigenvalue weighted by Gasteiger charge is -2.14. The van der Waals surface area contributed by atoms with Crippen molar-refractivity contribution in [3.8, 4) is 5.69 Å². The highest BCUT2D eigenvalue weighted by molar-refractivity contribution is 7.99. The molecule has 0 saturated heterocycles. The van der Waals surface area contributed by atoms with Crippen molar-refractivity contribution in [1.82, 2.24) is 20.1 Å². The highest BCUT2D eigenvalue weighted by Gasteiger charge is 2.27. The maximum absolute atomic E-state index is 13.2. The topological polar surface area (TPSA) is 158 Å². The standard InChI is InChI=1S/C31H32N6O6S2/c1-4-43-30(40)27-22-7-5-6-8-24(22)45-29(27)33-26(38)17-44-31-35-34-25(36(31)23-15-18(2)9-10-19(23)3)16-32-28(39)20-11-13-21(14-12-20)37(41)42/h9-15H,4-8,16-17H2,1-3H3,(H,32,39)(H,33,38). The number of thiophene rings is 1. The molecule has 2 heterocycles. The van der Waals surface area contributed by atoms with Gasteiger partial charge in [0.25, 0.3) is 11.6 Å². The van der Waals surface area contributed by atoms with Gasteiger partial charge in [-0.25, -0.2) is 4.79 Å². The number of nitrogens with zero attached hydrogens (tertiary/aromatic N) is 4. The van der Waals surface area contributed by atoms with Gasteiger partial charge in [0, 0.05) is 22.6 Å². The van der Waals surface area contributed by atoms with Gasteiger partial charge < -0.3 is 15.4 Å². The van der Waals surface area contributed by atoms with E-state index in [-0.39, 0.29) is 36.1 Å². The fraction of sp³-hybridized carbons (Fsp3) is 0.323. The Labute approximate surface area is 267 Å². The number of nitro benzene ring substituents is 1. The molecular weight excluding hydrogens is 617 g/mol. The molecular formula is C31H32N6O6S2. The lowest BCUT2D eigenvalue weighted by atomic mass is 9.95. The van der Waals surface area contributed by atoms with Gasteiger partial charge in [0.15, 0.2) is 11.0 Å². The zero-order chi connectivity index (χ0) is 32.1. The van der Waals surface area contributed by atoms with Crippen LogP contribution in [0.3, 0.4) is 0 Å². The Morgan fingerprint density at radius 2 is 1.84 bits per heavy atom. The molecule has 0 aliphatic heterocycles. The number of nitro groups is 1. The van der Waals surface area contributed by atoms with Crippen LogP contribution in [0.25, 0.3) is 5.69 Å². The minimum atomic E-state index is -0.527. The number of hydrogen-bond donors (Lipinski definition) is 2. The molecule has 1 aliphatic rings. The molecule has 45 heavy (non-hydrogen) atoms. The number of esters is 1. The number of carbonyl (C=O) groups is 3. The minimum Gasteiger partial charge on any atom is -0.462 e. The van der Waals surface area contributed by atoms with E-state index in [4.69, 9.17) is 4.74 Å². The first-order valence-corrected chi connectivity index (χ1v) is 16.2. The van der Waals surface area contributed by atoms with Crippen LogP contribution >= 0.6 is 23.1 Å². The van der Waals surface area contributed by atoms with Crippen molar-refractivity contribution in [2.45, 2.75) is 58.2 Å². The minimum absolute atomic E-state index is 0.00296. The Morgan fingerprint density at radius 3 is 2.58 bits per heavy atom. The number of rotatable bonds is 11. The number of anilines is 1. The third kappa shape index (κ3) is 7.23. The number of aromatic nitrogens is 3. The maximum Gasteiger partial charge on any atom is 0.341 e. The van der Waals surface area contributed by atoms with Gasteiger partial charge in [0.05, 0.1) is 35.1 Å². The van der Waals surface area contributed by atoms with Crippen molar-refractivity contribution in [1.29, 1.82) is 0 Å². The molecule has 1 aliphatic carbocycles. The van der Waals surface area contributed by atoms with Crippen molar-refractivity contribution >= 4 is 51.6 Å². The number of benzene rings is 2. The largest absolute Gasteiger partial charge is 0.462 e. The Balaban J connectivity index is 1.35. The number of fused-ring (bicyclic) bond motifs is 1. The van der Waals surface area contributed by atoms with E-state index >= 15 is 0 Å². The first-order chi connectivity index (χ1) is 21.7. The summed E-state index contributed by atoms with van der Waals surface area (Å²) in [6, 6.07) is 11.3. The fourth-order valence-corrected chi connectivity index (χ4v) is 7.13. The molecule has 5 rings (SSSR count). The summed E-state index contributed by atoms with van der Waals surface area (Å²) in [6.45, 7) is 5.94. The maximum atomic E-state index is 13.2. The molecule has 2 aromatic carbocycles. The Hall–Kier alpha value is -4.56. The normalized spacial score (nSPS) is 12.3. The summed E-state index contributed by atoms with van der Waals surface area (Å²) in [6.07, 6.45) is 3.69. The van der Waals surface area contributed by atoms with Crippen LogP contribution in [0.1, 0.15) is 67.9 Å². The fourth-order valence-electron chi connectivity index (χ4n) is 5.07. The van der Waals surface area contributed by atoms with Crippen LogP contribution in [0, 0.1) is 24.0 Å². The number of carbonyl (C=O) groups excluding carboxylic acids is 3. The van der Waals surface area contributed by atoms with Crippen molar-refractivity contribution < 1.29 is 24.0 Å². The second kappa shape index (κ2) is 14.0. The average Bonchev–Trinajstić information content (AvgIpc) is 3.60. The number of non-ortho nitro benzene ring substituents is 1. The van der Waals surface area contributed by atoms with Crippen LogP contribution < -0.4 is 10.6 Å². The molecule has 2 aromatic heterocycles. The van der Waals surface area contributed by atoms with Crippen LogP contribution in [0.5, 0.6) is 0 Å². The van der Waals surface area contributed by atoms with E-state index in [1.54, 1.807) is 6.92 Å². The smallest absolute Gasteiger partial charge is 0.341 e. The van der Waals surface area contributed by atoms with Crippen molar-refractivity contribution in [3.05, 3.63) is 91.1 Å². The van der Waals surface area contributed by atoms with Crippen LogP contribution in [0.15, 0.2) is 47.6 Å². The molecule has 14 heteroatoms. The van der Waals surface area contributed by atoms with E-state index in [0.29, 0.717) is 21.5 Å². The van der Waals surface area contributed by atoms with Crippen LogP contribution in [-0.4, -0.2) is 49.8 Å². The first kappa shape index (κ1) is 31.9. The van der Waals surface area contributed by atoms with E-state index < -0.39 is 16.8 Å². The predicted molar refractivity (Wildman–Crippen MR) is 171 cm³/mol. The molecule has 12 nitrogen and oxygen atoms in total. The number of ether oxygens (including phenoxy) is 1. The second-order valence-corrected chi connectivity index (χ2v) is 12.5. The van der Waals surface area contributed by atoms with E-state index in [2.05, 4.69) is 20.8 Å². The zero-order valence-electron chi connectivity index (χ0n) is 25.0. The van der Waals surface area contributed by atoms with Gasteiger partial charge in [0.2, 0.25) is 5.91 Å². The summed E-state index contributed by atoms with van der Waals surface area (Å²) in [5, 5.41) is 26.3. The zero-order valence-corrected chi connectivity index (χ0v) is 26.7. The number of amides is 2. The number of hydrogen-bond acceptors (Lipinski definition) is 10. The molecule has 0 bridgehead atoms.